The highest BCUT2D eigenvalue weighted by atomic mass is 127. The van der Waals surface area contributed by atoms with E-state index in [1.807, 2.05) is 0 Å². The standard InChI is InChI=1S/C15H27F3N4O3S.HI/c1-19-14(20-7-2-10-25-11-12-3-4-12)21-13-5-8-22(9-6-13)26(23,24)15(16,17)18;/h12-13H,2-11H2,1H3,(H2,19,20,21);1H. The summed E-state index contributed by atoms with van der Waals surface area (Å²) in [6, 6.07) is -0.119. The fraction of sp³-hybridized carbons (Fsp3) is 0.933. The average Bonchev–Trinajstić information content (AvgIpc) is 3.40. The molecule has 0 radical (unpaired) electrons. The highest BCUT2D eigenvalue weighted by Gasteiger charge is 2.50. The van der Waals surface area contributed by atoms with Gasteiger partial charge in [0.05, 0.1) is 0 Å². The molecule has 0 bridgehead atoms. The van der Waals surface area contributed by atoms with Crippen LogP contribution in [0.1, 0.15) is 32.1 Å². The van der Waals surface area contributed by atoms with Gasteiger partial charge in [-0.1, -0.05) is 0 Å². The number of sulfonamides is 1. The van der Waals surface area contributed by atoms with Crippen molar-refractivity contribution in [2.45, 2.75) is 43.7 Å². The minimum atomic E-state index is -5.24. The van der Waals surface area contributed by atoms with Gasteiger partial charge in [0.15, 0.2) is 5.96 Å². The maximum absolute atomic E-state index is 12.6. The smallest absolute Gasteiger partial charge is 0.381 e. The highest BCUT2D eigenvalue weighted by molar-refractivity contribution is 14.0. The van der Waals surface area contributed by atoms with Crippen LogP contribution in [0.5, 0.6) is 0 Å². The number of hydrogen-bond donors (Lipinski definition) is 2. The van der Waals surface area contributed by atoms with Crippen LogP contribution in [0.15, 0.2) is 4.99 Å². The van der Waals surface area contributed by atoms with Gasteiger partial charge in [0, 0.05) is 45.9 Å². The van der Waals surface area contributed by atoms with Crippen LogP contribution in [-0.2, 0) is 14.8 Å². The van der Waals surface area contributed by atoms with Gasteiger partial charge in [-0.15, -0.1) is 24.0 Å². The van der Waals surface area contributed by atoms with E-state index in [1.54, 1.807) is 7.05 Å². The molecule has 0 aromatic rings. The van der Waals surface area contributed by atoms with E-state index in [-0.39, 0.29) is 43.1 Å². The van der Waals surface area contributed by atoms with Gasteiger partial charge in [0.1, 0.15) is 0 Å². The second kappa shape index (κ2) is 11.0. The van der Waals surface area contributed by atoms with E-state index in [1.165, 1.54) is 12.8 Å². The van der Waals surface area contributed by atoms with E-state index in [2.05, 4.69) is 15.6 Å². The van der Waals surface area contributed by atoms with Gasteiger partial charge >= 0.3 is 15.5 Å². The molecular formula is C15H28F3IN4O3S. The van der Waals surface area contributed by atoms with Crippen molar-refractivity contribution in [3.8, 4) is 0 Å². The van der Waals surface area contributed by atoms with Crippen LogP contribution < -0.4 is 10.6 Å². The largest absolute Gasteiger partial charge is 0.511 e. The molecule has 160 valence electrons. The van der Waals surface area contributed by atoms with Crippen LogP contribution in [-0.4, -0.2) is 70.1 Å². The molecule has 1 heterocycles. The Morgan fingerprint density at radius 3 is 2.37 bits per heavy atom. The molecule has 2 fully saturated rings. The molecule has 0 aromatic heterocycles. The van der Waals surface area contributed by atoms with Crippen LogP contribution >= 0.6 is 24.0 Å². The Morgan fingerprint density at radius 1 is 1.22 bits per heavy atom. The molecule has 0 atom stereocenters. The highest BCUT2D eigenvalue weighted by Crippen LogP contribution is 2.29. The quantitative estimate of drug-likeness (QED) is 0.218. The third kappa shape index (κ3) is 7.89. The van der Waals surface area contributed by atoms with Crippen molar-refractivity contribution in [3.63, 3.8) is 0 Å². The summed E-state index contributed by atoms with van der Waals surface area (Å²) in [5.41, 5.74) is -5.24. The lowest BCUT2D eigenvalue weighted by Crippen LogP contribution is -2.51. The lowest BCUT2D eigenvalue weighted by atomic mass is 10.1. The fourth-order valence-corrected chi connectivity index (χ4v) is 3.67. The number of nitrogens with zero attached hydrogens (tertiary/aromatic N) is 2. The summed E-state index contributed by atoms with van der Waals surface area (Å²) in [5.74, 6) is 1.30. The van der Waals surface area contributed by atoms with Crippen molar-refractivity contribution < 1.29 is 26.3 Å². The SMILES string of the molecule is CN=C(NCCCOCC1CC1)NC1CCN(S(=O)(=O)C(F)(F)F)CC1.I. The van der Waals surface area contributed by atoms with Crippen molar-refractivity contribution >= 4 is 40.0 Å². The molecule has 1 aliphatic heterocycles. The molecule has 1 aliphatic carbocycles. The Hall–Kier alpha value is -0.340. The predicted molar refractivity (Wildman–Crippen MR) is 108 cm³/mol. The van der Waals surface area contributed by atoms with Crippen LogP contribution in [0.2, 0.25) is 0 Å². The number of alkyl halides is 3. The maximum atomic E-state index is 12.6. The topological polar surface area (TPSA) is 83.0 Å². The Balaban J connectivity index is 0.00000364. The number of halogens is 4. The number of hydrogen-bond acceptors (Lipinski definition) is 4. The van der Waals surface area contributed by atoms with Gasteiger partial charge in [0.2, 0.25) is 0 Å². The molecule has 2 N–H and O–H groups in total. The van der Waals surface area contributed by atoms with E-state index in [4.69, 9.17) is 4.74 Å². The summed E-state index contributed by atoms with van der Waals surface area (Å²) in [5, 5.41) is 6.26. The van der Waals surface area contributed by atoms with Gasteiger partial charge in [-0.05, 0) is 38.0 Å². The van der Waals surface area contributed by atoms with Crippen LogP contribution in [0.3, 0.4) is 0 Å². The second-order valence-electron chi connectivity index (χ2n) is 6.64. The lowest BCUT2D eigenvalue weighted by Gasteiger charge is -2.32. The van der Waals surface area contributed by atoms with E-state index in [9.17, 15) is 21.6 Å². The minimum Gasteiger partial charge on any atom is -0.381 e. The van der Waals surface area contributed by atoms with Gasteiger partial charge in [-0.3, -0.25) is 4.99 Å². The van der Waals surface area contributed by atoms with Crippen molar-refractivity contribution in [2.75, 3.05) is 39.9 Å². The number of ether oxygens (including phenoxy) is 1. The van der Waals surface area contributed by atoms with E-state index in [0.717, 1.165) is 18.9 Å². The molecule has 0 unspecified atom stereocenters. The lowest BCUT2D eigenvalue weighted by molar-refractivity contribution is -0.0494. The first-order valence-electron chi connectivity index (χ1n) is 8.85. The van der Waals surface area contributed by atoms with Gasteiger partial charge in [-0.2, -0.15) is 17.5 Å². The summed E-state index contributed by atoms with van der Waals surface area (Å²) >= 11 is 0. The number of nitrogens with one attached hydrogen (secondary N) is 2. The summed E-state index contributed by atoms with van der Waals surface area (Å²) in [7, 11) is -3.62. The van der Waals surface area contributed by atoms with E-state index >= 15 is 0 Å². The molecular weight excluding hydrogens is 500 g/mol. The molecule has 27 heavy (non-hydrogen) atoms. The summed E-state index contributed by atoms with van der Waals surface area (Å²) in [6.45, 7) is 1.85. The molecule has 0 aromatic carbocycles. The first-order valence-corrected chi connectivity index (χ1v) is 10.3. The molecule has 7 nitrogen and oxygen atoms in total. The second-order valence-corrected chi connectivity index (χ2v) is 8.57. The molecule has 0 spiro atoms. The van der Waals surface area contributed by atoms with Crippen LogP contribution in [0, 0.1) is 5.92 Å². The Bertz CT molecular complexity index is 577. The third-order valence-corrected chi connectivity index (χ3v) is 6.09. The minimum absolute atomic E-state index is 0. The zero-order valence-corrected chi connectivity index (χ0v) is 18.4. The zero-order chi connectivity index (χ0) is 19.2. The number of aliphatic imine (C=N–C) groups is 1. The van der Waals surface area contributed by atoms with Gasteiger partial charge in [0.25, 0.3) is 0 Å². The fourth-order valence-electron chi connectivity index (χ4n) is 2.69. The van der Waals surface area contributed by atoms with Gasteiger partial charge in [-0.25, -0.2) is 8.42 Å². The maximum Gasteiger partial charge on any atom is 0.511 e. The Kier molecular flexibility index (Phi) is 10.1. The Labute approximate surface area is 175 Å². The summed E-state index contributed by atoms with van der Waals surface area (Å²) in [4.78, 5) is 4.09. The monoisotopic (exact) mass is 528 g/mol. The molecule has 1 saturated carbocycles. The number of rotatable bonds is 8. The summed E-state index contributed by atoms with van der Waals surface area (Å²) in [6.07, 6.45) is 3.94. The van der Waals surface area contributed by atoms with Crippen molar-refractivity contribution in [2.24, 2.45) is 10.9 Å². The molecule has 2 aliphatic rings. The van der Waals surface area contributed by atoms with Crippen molar-refractivity contribution in [1.29, 1.82) is 0 Å². The molecule has 2 rings (SSSR count). The number of piperidine rings is 1. The number of guanidine groups is 1. The first kappa shape index (κ1) is 24.7. The average molecular weight is 528 g/mol. The van der Waals surface area contributed by atoms with Crippen LogP contribution in [0.25, 0.3) is 0 Å². The molecule has 0 amide bonds. The molecule has 1 saturated heterocycles. The van der Waals surface area contributed by atoms with Crippen molar-refractivity contribution in [3.05, 3.63) is 0 Å². The van der Waals surface area contributed by atoms with Crippen LogP contribution in [0.4, 0.5) is 13.2 Å². The predicted octanol–water partition coefficient (Wildman–Crippen LogP) is 1.90. The van der Waals surface area contributed by atoms with Crippen molar-refractivity contribution in [1.82, 2.24) is 14.9 Å². The zero-order valence-electron chi connectivity index (χ0n) is 15.3. The summed E-state index contributed by atoms with van der Waals surface area (Å²) < 4.78 is 66.5. The van der Waals surface area contributed by atoms with Gasteiger partial charge < -0.3 is 15.4 Å². The first-order chi connectivity index (χ1) is 12.2. The molecule has 12 heteroatoms. The van der Waals surface area contributed by atoms with E-state index in [0.29, 0.717) is 36.3 Å². The normalized spacial score (nSPS) is 20.2. The third-order valence-electron chi connectivity index (χ3n) is 4.46. The van der Waals surface area contributed by atoms with E-state index < -0.39 is 15.5 Å². The Morgan fingerprint density at radius 2 is 1.85 bits per heavy atom.